The van der Waals surface area contributed by atoms with E-state index < -0.39 is 0 Å². The van der Waals surface area contributed by atoms with E-state index in [4.69, 9.17) is 0 Å². The molecule has 0 aromatic heterocycles. The van der Waals surface area contributed by atoms with E-state index in [1.165, 1.54) is 32.4 Å². The summed E-state index contributed by atoms with van der Waals surface area (Å²) in [6.45, 7) is 9.49. The summed E-state index contributed by atoms with van der Waals surface area (Å²) in [5.74, 6) is 0.174. The standard InChI is InChI=1S/C14H29N3O/c1-3-9-16-14(18)7-10-15-13-6-5-11-17(4-2)12-8-13/h13,15H,3-12H2,1-2H3,(H,16,18). The average Bonchev–Trinajstić information content (AvgIpc) is 2.61. The number of carbonyl (C=O) groups is 1. The van der Waals surface area contributed by atoms with Crippen LogP contribution < -0.4 is 10.6 Å². The summed E-state index contributed by atoms with van der Waals surface area (Å²) in [6.07, 6.45) is 5.34. The normalized spacial score (nSPS) is 21.6. The topological polar surface area (TPSA) is 44.4 Å². The fourth-order valence-corrected chi connectivity index (χ4v) is 2.42. The molecule has 1 saturated heterocycles. The highest BCUT2D eigenvalue weighted by Crippen LogP contribution is 2.10. The van der Waals surface area contributed by atoms with Gasteiger partial charge in [0.1, 0.15) is 0 Å². The summed E-state index contributed by atoms with van der Waals surface area (Å²) in [5.41, 5.74) is 0. The van der Waals surface area contributed by atoms with Gasteiger partial charge in [0, 0.05) is 25.6 Å². The third-order valence-electron chi connectivity index (χ3n) is 3.63. The van der Waals surface area contributed by atoms with Crippen LogP contribution in [0.25, 0.3) is 0 Å². The second-order valence-electron chi connectivity index (χ2n) is 5.12. The molecule has 1 atom stereocenters. The lowest BCUT2D eigenvalue weighted by Gasteiger charge is -2.18. The maximum absolute atomic E-state index is 11.5. The number of nitrogens with zero attached hydrogens (tertiary/aromatic N) is 1. The van der Waals surface area contributed by atoms with Crippen molar-refractivity contribution in [2.45, 2.75) is 52.0 Å². The van der Waals surface area contributed by atoms with Crippen LogP contribution in [0.4, 0.5) is 0 Å². The third-order valence-corrected chi connectivity index (χ3v) is 3.63. The highest BCUT2D eigenvalue weighted by Gasteiger charge is 2.15. The van der Waals surface area contributed by atoms with Crippen molar-refractivity contribution in [3.8, 4) is 0 Å². The highest BCUT2D eigenvalue weighted by molar-refractivity contribution is 5.75. The Balaban J connectivity index is 2.09. The maximum atomic E-state index is 11.5. The molecule has 18 heavy (non-hydrogen) atoms. The van der Waals surface area contributed by atoms with Crippen LogP contribution in [0, 0.1) is 0 Å². The maximum Gasteiger partial charge on any atom is 0.221 e. The first-order chi connectivity index (χ1) is 8.76. The van der Waals surface area contributed by atoms with Gasteiger partial charge in [-0.2, -0.15) is 0 Å². The van der Waals surface area contributed by atoms with Crippen LogP contribution in [-0.4, -0.2) is 49.6 Å². The summed E-state index contributed by atoms with van der Waals surface area (Å²) in [6, 6.07) is 0.598. The molecule has 0 aliphatic carbocycles. The summed E-state index contributed by atoms with van der Waals surface area (Å²) in [5, 5.41) is 6.44. The lowest BCUT2D eigenvalue weighted by molar-refractivity contribution is -0.121. The SMILES string of the molecule is CCCNC(=O)CCNC1CCCN(CC)CC1. The summed E-state index contributed by atoms with van der Waals surface area (Å²) < 4.78 is 0. The molecule has 1 rings (SSSR count). The number of hydrogen-bond acceptors (Lipinski definition) is 3. The van der Waals surface area contributed by atoms with Gasteiger partial charge >= 0.3 is 0 Å². The first-order valence-corrected chi connectivity index (χ1v) is 7.48. The summed E-state index contributed by atoms with van der Waals surface area (Å²) >= 11 is 0. The Morgan fingerprint density at radius 2 is 2.06 bits per heavy atom. The average molecular weight is 255 g/mol. The lowest BCUT2D eigenvalue weighted by Crippen LogP contribution is -2.34. The van der Waals surface area contributed by atoms with E-state index in [0.717, 1.165) is 26.1 Å². The third kappa shape index (κ3) is 6.36. The smallest absolute Gasteiger partial charge is 0.221 e. The highest BCUT2D eigenvalue weighted by atomic mass is 16.1. The van der Waals surface area contributed by atoms with Crippen LogP contribution >= 0.6 is 0 Å². The van der Waals surface area contributed by atoms with E-state index in [1.54, 1.807) is 0 Å². The van der Waals surface area contributed by atoms with Crippen LogP contribution in [0.15, 0.2) is 0 Å². The molecule has 4 nitrogen and oxygen atoms in total. The molecule has 0 spiro atoms. The molecule has 1 unspecified atom stereocenters. The van der Waals surface area contributed by atoms with Crippen LogP contribution in [-0.2, 0) is 4.79 Å². The van der Waals surface area contributed by atoms with Crippen LogP contribution in [0.2, 0.25) is 0 Å². The summed E-state index contributed by atoms with van der Waals surface area (Å²) in [7, 11) is 0. The minimum Gasteiger partial charge on any atom is -0.356 e. The Bertz CT molecular complexity index is 233. The minimum absolute atomic E-state index is 0.174. The molecular formula is C14H29N3O. The van der Waals surface area contributed by atoms with Gasteiger partial charge in [-0.1, -0.05) is 13.8 Å². The van der Waals surface area contributed by atoms with Gasteiger partial charge in [-0.15, -0.1) is 0 Å². The zero-order valence-electron chi connectivity index (χ0n) is 12.0. The molecule has 4 heteroatoms. The number of hydrogen-bond donors (Lipinski definition) is 2. The van der Waals surface area contributed by atoms with Gasteiger partial charge in [0.25, 0.3) is 0 Å². The zero-order valence-corrected chi connectivity index (χ0v) is 12.0. The Kier molecular flexibility index (Phi) is 8.01. The van der Waals surface area contributed by atoms with Crippen molar-refractivity contribution in [2.24, 2.45) is 0 Å². The predicted molar refractivity (Wildman–Crippen MR) is 75.7 cm³/mol. The fourth-order valence-electron chi connectivity index (χ4n) is 2.42. The zero-order chi connectivity index (χ0) is 13.2. The number of nitrogens with one attached hydrogen (secondary N) is 2. The molecule has 106 valence electrons. The van der Waals surface area contributed by atoms with Gasteiger partial charge in [-0.05, 0) is 45.3 Å². The van der Waals surface area contributed by atoms with E-state index >= 15 is 0 Å². The number of likely N-dealkylation sites (tertiary alicyclic amines) is 1. The molecule has 0 aromatic rings. The van der Waals surface area contributed by atoms with Crippen LogP contribution in [0.3, 0.4) is 0 Å². The number of rotatable bonds is 7. The number of amides is 1. The van der Waals surface area contributed by atoms with E-state index in [2.05, 4.69) is 29.4 Å². The molecule has 1 amide bonds. The fraction of sp³-hybridized carbons (Fsp3) is 0.929. The predicted octanol–water partition coefficient (Wildman–Crippen LogP) is 1.37. The Labute approximate surface area is 111 Å². The van der Waals surface area contributed by atoms with E-state index in [0.29, 0.717) is 12.5 Å². The molecule has 0 aromatic carbocycles. The minimum atomic E-state index is 0.174. The van der Waals surface area contributed by atoms with Gasteiger partial charge < -0.3 is 15.5 Å². The first-order valence-electron chi connectivity index (χ1n) is 7.48. The molecule has 1 fully saturated rings. The van der Waals surface area contributed by atoms with Crippen molar-refractivity contribution in [2.75, 3.05) is 32.7 Å². The summed E-state index contributed by atoms with van der Waals surface area (Å²) in [4.78, 5) is 14.0. The van der Waals surface area contributed by atoms with Gasteiger partial charge in [0.2, 0.25) is 5.91 Å². The van der Waals surface area contributed by atoms with Crippen molar-refractivity contribution in [1.29, 1.82) is 0 Å². The van der Waals surface area contributed by atoms with Crippen molar-refractivity contribution in [3.05, 3.63) is 0 Å². The quantitative estimate of drug-likeness (QED) is 0.722. The Morgan fingerprint density at radius 3 is 2.78 bits per heavy atom. The molecule has 0 saturated carbocycles. The van der Waals surface area contributed by atoms with Crippen molar-refractivity contribution in [3.63, 3.8) is 0 Å². The van der Waals surface area contributed by atoms with Crippen LogP contribution in [0.1, 0.15) is 46.0 Å². The van der Waals surface area contributed by atoms with Gasteiger partial charge in [-0.25, -0.2) is 0 Å². The molecule has 1 heterocycles. The van der Waals surface area contributed by atoms with Gasteiger partial charge in [0.15, 0.2) is 0 Å². The van der Waals surface area contributed by atoms with Crippen LogP contribution in [0.5, 0.6) is 0 Å². The van der Waals surface area contributed by atoms with Crippen molar-refractivity contribution in [1.82, 2.24) is 15.5 Å². The second kappa shape index (κ2) is 9.34. The van der Waals surface area contributed by atoms with E-state index in [9.17, 15) is 4.79 Å². The monoisotopic (exact) mass is 255 g/mol. The van der Waals surface area contributed by atoms with Crippen molar-refractivity contribution < 1.29 is 4.79 Å². The molecule has 2 N–H and O–H groups in total. The largest absolute Gasteiger partial charge is 0.356 e. The Morgan fingerprint density at radius 1 is 1.22 bits per heavy atom. The molecule has 0 radical (unpaired) electrons. The molecule has 1 aliphatic heterocycles. The lowest BCUT2D eigenvalue weighted by atomic mass is 10.1. The second-order valence-corrected chi connectivity index (χ2v) is 5.12. The van der Waals surface area contributed by atoms with E-state index in [-0.39, 0.29) is 5.91 Å². The first kappa shape index (κ1) is 15.4. The molecular weight excluding hydrogens is 226 g/mol. The van der Waals surface area contributed by atoms with E-state index in [1.807, 2.05) is 0 Å². The Hall–Kier alpha value is -0.610. The molecule has 0 bridgehead atoms. The molecule has 1 aliphatic rings. The van der Waals surface area contributed by atoms with Gasteiger partial charge in [0.05, 0.1) is 0 Å². The van der Waals surface area contributed by atoms with Crippen molar-refractivity contribution >= 4 is 5.91 Å². The number of carbonyl (C=O) groups excluding carboxylic acids is 1. The van der Waals surface area contributed by atoms with Gasteiger partial charge in [-0.3, -0.25) is 4.79 Å².